The number of hydrogen-bond donors (Lipinski definition) is 4. The number of carboxylic acid groups (broad SMARTS) is 1. The third-order valence-electron chi connectivity index (χ3n) is 3.84. The number of carbonyl (C=O) groups is 2. The Balaban J connectivity index is 1.89. The van der Waals surface area contributed by atoms with Gasteiger partial charge in [0.05, 0.1) is 12.6 Å². The molecule has 0 heterocycles. The van der Waals surface area contributed by atoms with Gasteiger partial charge in [0.2, 0.25) is 0 Å². The van der Waals surface area contributed by atoms with Gasteiger partial charge in [-0.15, -0.1) is 0 Å². The van der Waals surface area contributed by atoms with Crippen LogP contribution in [-0.2, 0) is 4.79 Å². The summed E-state index contributed by atoms with van der Waals surface area (Å²) < 4.78 is 19.6. The molecule has 1 fully saturated rings. The van der Waals surface area contributed by atoms with Crippen molar-refractivity contribution in [2.75, 3.05) is 11.9 Å². The second-order valence-corrected chi connectivity index (χ2v) is 6.06. The minimum Gasteiger partial charge on any atom is -0.487 e. The van der Waals surface area contributed by atoms with Gasteiger partial charge in [0.25, 0.3) is 0 Å². The molecule has 24 heavy (non-hydrogen) atoms. The monoisotopic (exact) mass is 340 g/mol. The average molecular weight is 340 g/mol. The van der Waals surface area contributed by atoms with Crippen LogP contribution in [0.4, 0.5) is 14.9 Å². The molecular weight excluding hydrogens is 319 g/mol. The first-order chi connectivity index (χ1) is 11.3. The molecule has 1 aromatic carbocycles. The number of aliphatic hydroxyl groups is 1. The molecule has 132 valence electrons. The predicted molar refractivity (Wildman–Crippen MR) is 84.6 cm³/mol. The van der Waals surface area contributed by atoms with Crippen LogP contribution in [-0.4, -0.2) is 40.5 Å². The molecule has 0 saturated heterocycles. The molecule has 0 aliphatic heterocycles. The van der Waals surface area contributed by atoms with Crippen molar-refractivity contribution >= 4 is 17.7 Å². The van der Waals surface area contributed by atoms with Crippen molar-refractivity contribution in [3.63, 3.8) is 0 Å². The molecule has 2 amide bonds. The van der Waals surface area contributed by atoms with E-state index in [4.69, 9.17) is 9.84 Å². The first-order valence-electron chi connectivity index (χ1n) is 7.75. The predicted octanol–water partition coefficient (Wildman–Crippen LogP) is 2.10. The van der Waals surface area contributed by atoms with E-state index in [1.807, 2.05) is 0 Å². The van der Waals surface area contributed by atoms with Crippen molar-refractivity contribution in [3.05, 3.63) is 24.0 Å². The summed E-state index contributed by atoms with van der Waals surface area (Å²) in [6, 6.07) is 3.30. The highest BCUT2D eigenvalue weighted by molar-refractivity contribution is 5.90. The van der Waals surface area contributed by atoms with Crippen molar-refractivity contribution in [2.45, 2.75) is 44.3 Å². The van der Waals surface area contributed by atoms with Gasteiger partial charge >= 0.3 is 12.0 Å². The normalized spacial score (nSPS) is 17.1. The Bertz CT molecular complexity index is 614. The van der Waals surface area contributed by atoms with Gasteiger partial charge in [-0.1, -0.05) is 0 Å². The second-order valence-electron chi connectivity index (χ2n) is 6.06. The van der Waals surface area contributed by atoms with E-state index in [1.54, 1.807) is 0 Å². The van der Waals surface area contributed by atoms with Crippen LogP contribution in [0, 0.1) is 5.82 Å². The van der Waals surface area contributed by atoms with Gasteiger partial charge in [0.15, 0.2) is 17.2 Å². The average Bonchev–Trinajstić information content (AvgIpc) is 3.01. The number of carbonyl (C=O) groups excluding carboxylic acids is 1. The number of nitrogens with one attached hydrogen (secondary N) is 2. The molecule has 0 radical (unpaired) electrons. The molecule has 1 atom stereocenters. The molecule has 0 aromatic heterocycles. The van der Waals surface area contributed by atoms with Crippen molar-refractivity contribution < 1.29 is 28.9 Å². The Kier molecular flexibility index (Phi) is 5.61. The molecule has 1 aliphatic rings. The van der Waals surface area contributed by atoms with E-state index in [0.29, 0.717) is 0 Å². The molecule has 0 bridgehead atoms. The number of aliphatic carboxylic acids is 1. The Labute approximate surface area is 138 Å². The third kappa shape index (κ3) is 4.82. The maximum absolute atomic E-state index is 14.0. The lowest BCUT2D eigenvalue weighted by Crippen LogP contribution is -2.47. The van der Waals surface area contributed by atoms with Gasteiger partial charge in [-0.3, -0.25) is 0 Å². The zero-order chi connectivity index (χ0) is 17.7. The van der Waals surface area contributed by atoms with E-state index in [-0.39, 0.29) is 17.5 Å². The maximum Gasteiger partial charge on any atom is 0.337 e. The SMILES string of the molecule is CC(O)(CNC(=O)Nc1ccc(OC2CCCC2)c(F)c1)C(=O)O. The summed E-state index contributed by atoms with van der Waals surface area (Å²) in [6.07, 6.45) is 4.00. The van der Waals surface area contributed by atoms with Gasteiger partial charge < -0.3 is 25.6 Å². The highest BCUT2D eigenvalue weighted by Gasteiger charge is 2.30. The van der Waals surface area contributed by atoms with Crippen molar-refractivity contribution in [3.8, 4) is 5.75 Å². The maximum atomic E-state index is 14.0. The topological polar surface area (TPSA) is 108 Å². The van der Waals surface area contributed by atoms with Gasteiger partial charge in [-0.05, 0) is 44.7 Å². The molecule has 1 aliphatic carbocycles. The van der Waals surface area contributed by atoms with Crippen molar-refractivity contribution in [2.24, 2.45) is 0 Å². The van der Waals surface area contributed by atoms with Crippen molar-refractivity contribution in [1.82, 2.24) is 5.32 Å². The molecule has 1 saturated carbocycles. The number of ether oxygens (including phenoxy) is 1. The van der Waals surface area contributed by atoms with Gasteiger partial charge in [-0.25, -0.2) is 14.0 Å². The number of carboxylic acids is 1. The summed E-state index contributed by atoms with van der Waals surface area (Å²) in [5, 5.41) is 22.8. The number of anilines is 1. The fraction of sp³-hybridized carbons (Fsp3) is 0.500. The highest BCUT2D eigenvalue weighted by Crippen LogP contribution is 2.27. The van der Waals surface area contributed by atoms with E-state index in [0.717, 1.165) is 38.7 Å². The lowest BCUT2D eigenvalue weighted by molar-refractivity contribution is -0.155. The number of amides is 2. The first kappa shape index (κ1) is 18.0. The van der Waals surface area contributed by atoms with Crippen LogP contribution in [0.5, 0.6) is 5.75 Å². The summed E-state index contributed by atoms with van der Waals surface area (Å²) in [5.74, 6) is -1.90. The Hall–Kier alpha value is -2.35. The lowest BCUT2D eigenvalue weighted by atomic mass is 10.1. The van der Waals surface area contributed by atoms with Crippen LogP contribution in [0.2, 0.25) is 0 Å². The van der Waals surface area contributed by atoms with E-state index in [9.17, 15) is 19.1 Å². The minimum absolute atomic E-state index is 0.0276. The molecule has 1 unspecified atom stereocenters. The fourth-order valence-electron chi connectivity index (χ4n) is 2.36. The number of rotatable bonds is 6. The zero-order valence-corrected chi connectivity index (χ0v) is 13.3. The van der Waals surface area contributed by atoms with Crippen LogP contribution in [0.1, 0.15) is 32.6 Å². The third-order valence-corrected chi connectivity index (χ3v) is 3.84. The summed E-state index contributed by atoms with van der Waals surface area (Å²) in [7, 11) is 0. The minimum atomic E-state index is -2.08. The second kappa shape index (κ2) is 7.48. The number of benzene rings is 1. The molecule has 4 N–H and O–H groups in total. The van der Waals surface area contributed by atoms with Gasteiger partial charge in [0.1, 0.15) is 0 Å². The Morgan fingerprint density at radius 3 is 2.62 bits per heavy atom. The molecule has 2 rings (SSSR count). The fourth-order valence-corrected chi connectivity index (χ4v) is 2.36. The number of urea groups is 1. The molecular formula is C16H21FN2O5. The van der Waals surface area contributed by atoms with Crippen LogP contribution >= 0.6 is 0 Å². The first-order valence-corrected chi connectivity index (χ1v) is 7.75. The summed E-state index contributed by atoms with van der Waals surface area (Å²) >= 11 is 0. The van der Waals surface area contributed by atoms with Crippen LogP contribution in [0.15, 0.2) is 18.2 Å². The molecule has 0 spiro atoms. The molecule has 1 aromatic rings. The smallest absolute Gasteiger partial charge is 0.337 e. The largest absolute Gasteiger partial charge is 0.487 e. The van der Waals surface area contributed by atoms with Crippen LogP contribution < -0.4 is 15.4 Å². The summed E-state index contributed by atoms with van der Waals surface area (Å²) in [6.45, 7) is 0.573. The summed E-state index contributed by atoms with van der Waals surface area (Å²) in [4.78, 5) is 22.4. The van der Waals surface area contributed by atoms with Crippen molar-refractivity contribution in [1.29, 1.82) is 0 Å². The lowest BCUT2D eigenvalue weighted by Gasteiger charge is -2.18. The Morgan fingerprint density at radius 2 is 2.04 bits per heavy atom. The number of hydrogen-bond acceptors (Lipinski definition) is 4. The van der Waals surface area contributed by atoms with E-state index in [1.165, 1.54) is 12.1 Å². The van der Waals surface area contributed by atoms with E-state index < -0.39 is 30.0 Å². The van der Waals surface area contributed by atoms with Gasteiger partial charge in [-0.2, -0.15) is 0 Å². The quantitative estimate of drug-likeness (QED) is 0.634. The van der Waals surface area contributed by atoms with E-state index in [2.05, 4.69) is 10.6 Å². The number of halogens is 1. The zero-order valence-electron chi connectivity index (χ0n) is 13.3. The van der Waals surface area contributed by atoms with E-state index >= 15 is 0 Å². The summed E-state index contributed by atoms with van der Waals surface area (Å²) in [5.41, 5.74) is -1.89. The molecule has 8 heteroatoms. The standard InChI is InChI=1S/C16H21FN2O5/c1-16(23,14(20)21)9-18-15(22)19-10-6-7-13(12(17)8-10)24-11-4-2-3-5-11/h6-8,11,23H,2-5,9H2,1H3,(H,20,21)(H2,18,19,22). The van der Waals surface area contributed by atoms with Crippen LogP contribution in [0.3, 0.4) is 0 Å². The van der Waals surface area contributed by atoms with Crippen LogP contribution in [0.25, 0.3) is 0 Å². The van der Waals surface area contributed by atoms with Gasteiger partial charge in [0, 0.05) is 11.8 Å². The molecule has 7 nitrogen and oxygen atoms in total. The highest BCUT2D eigenvalue weighted by atomic mass is 19.1. The Morgan fingerprint density at radius 1 is 1.38 bits per heavy atom.